The second-order valence-electron chi connectivity index (χ2n) is 12.1. The summed E-state index contributed by atoms with van der Waals surface area (Å²) in [5, 5.41) is 0. The zero-order valence-corrected chi connectivity index (χ0v) is 22.7. The maximum Gasteiger partial charge on any atom is 0.257 e. The summed E-state index contributed by atoms with van der Waals surface area (Å²) in [5.41, 5.74) is 0.801. The molecule has 0 radical (unpaired) electrons. The molecule has 1 atom stereocenters. The molecule has 1 spiro atoms. The highest BCUT2D eigenvalue weighted by atomic mass is 19.1. The number of nitrogens with zero attached hydrogens (tertiary/aromatic N) is 2. The van der Waals surface area contributed by atoms with Crippen LogP contribution in [0.25, 0.3) is 0 Å². The maximum absolute atomic E-state index is 16.2. The summed E-state index contributed by atoms with van der Waals surface area (Å²) in [5.74, 6) is -3.92. The number of hydrogen-bond acceptors (Lipinski definition) is 5. The lowest BCUT2D eigenvalue weighted by molar-refractivity contribution is -0.125. The van der Waals surface area contributed by atoms with Crippen LogP contribution < -0.4 is 15.0 Å². The summed E-state index contributed by atoms with van der Waals surface area (Å²) in [6.45, 7) is 5.62. The molecular weight excluding hydrogens is 492 g/mol. The molecule has 2 fully saturated rings. The van der Waals surface area contributed by atoms with Crippen LogP contribution in [-0.2, 0) is 12.0 Å². The number of carbonyl (C=O) groups is 1. The van der Waals surface area contributed by atoms with Crippen LogP contribution in [0.1, 0.15) is 78.2 Å². The van der Waals surface area contributed by atoms with Crippen LogP contribution in [0, 0.1) is 31.4 Å². The average molecular weight is 528 g/mol. The lowest BCUT2D eigenvalue weighted by Gasteiger charge is -2.38. The molecule has 3 heterocycles. The Labute approximate surface area is 221 Å². The molecule has 0 unspecified atom stereocenters. The molecule has 1 aromatic heterocycles. The second kappa shape index (κ2) is 8.53. The fourth-order valence-corrected chi connectivity index (χ4v) is 6.87. The topological polar surface area (TPSA) is 74.9 Å². The van der Waals surface area contributed by atoms with E-state index in [0.29, 0.717) is 24.4 Å². The van der Waals surface area contributed by atoms with Crippen molar-refractivity contribution in [1.29, 1.82) is 0 Å². The maximum atomic E-state index is 16.2. The Balaban J connectivity index is 1.35. The van der Waals surface area contributed by atoms with E-state index in [9.17, 15) is 9.59 Å². The second-order valence-corrected chi connectivity index (χ2v) is 12.1. The van der Waals surface area contributed by atoms with E-state index in [1.807, 2.05) is 13.0 Å². The van der Waals surface area contributed by atoms with Gasteiger partial charge in [-0.2, -0.15) is 0 Å². The molecule has 7 nitrogen and oxygen atoms in total. The van der Waals surface area contributed by atoms with Crippen molar-refractivity contribution in [3.05, 3.63) is 56.0 Å². The molecule has 6 rings (SSSR count). The third kappa shape index (κ3) is 3.76. The number of aromatic nitrogens is 1. The molecule has 1 aromatic carbocycles. The van der Waals surface area contributed by atoms with E-state index in [2.05, 4.69) is 24.0 Å². The molecule has 2 aromatic rings. The minimum absolute atomic E-state index is 0.0275. The van der Waals surface area contributed by atoms with Gasteiger partial charge in [0.2, 0.25) is 11.5 Å². The molecule has 0 saturated heterocycles. The third-order valence-corrected chi connectivity index (χ3v) is 9.29. The highest BCUT2D eigenvalue weighted by Crippen LogP contribution is 2.59. The molecule has 38 heavy (non-hydrogen) atoms. The molecule has 1 N–H and O–H groups in total. The van der Waals surface area contributed by atoms with E-state index in [1.165, 1.54) is 4.90 Å². The average Bonchev–Trinajstić information content (AvgIpc) is 3.53. The number of amides is 1. The standard InChI is InChI=1S/C29H35F2N3O4/c1-15-12-16(2)32-26(35)19(15)13-34-14-29(10-11-29)21-20(27(34)36)22(30)24-25(23(21)31)38-28(3,37-24)17-6-8-18(9-7-17)33(4)5/h12,17-18H,6-11,13-14H2,1-5H3,(H,32,35)/t17?,18?,28-/m1/s1. The van der Waals surface area contributed by atoms with Crippen LogP contribution in [-0.4, -0.2) is 53.2 Å². The number of hydrogen-bond donors (Lipinski definition) is 1. The molecule has 2 saturated carbocycles. The van der Waals surface area contributed by atoms with E-state index in [0.717, 1.165) is 36.9 Å². The van der Waals surface area contributed by atoms with Crippen LogP contribution in [0.4, 0.5) is 8.78 Å². The molecule has 4 aliphatic rings. The van der Waals surface area contributed by atoms with Crippen LogP contribution in [0.5, 0.6) is 11.5 Å². The number of carbonyl (C=O) groups excluding carboxylic acids is 1. The van der Waals surface area contributed by atoms with Gasteiger partial charge in [0.25, 0.3) is 17.3 Å². The van der Waals surface area contributed by atoms with Gasteiger partial charge in [-0.25, -0.2) is 8.78 Å². The Hall–Kier alpha value is -2.94. The van der Waals surface area contributed by atoms with Crippen molar-refractivity contribution in [2.45, 2.75) is 83.1 Å². The highest BCUT2D eigenvalue weighted by molar-refractivity contribution is 5.99. The normalized spacial score (nSPS) is 27.3. The first-order chi connectivity index (χ1) is 17.9. The number of halogens is 2. The predicted molar refractivity (Wildman–Crippen MR) is 138 cm³/mol. The van der Waals surface area contributed by atoms with Crippen molar-refractivity contribution in [1.82, 2.24) is 14.8 Å². The fourth-order valence-electron chi connectivity index (χ4n) is 6.87. The number of aromatic amines is 1. The number of H-pyrrole nitrogens is 1. The van der Waals surface area contributed by atoms with Crippen molar-refractivity contribution in [2.24, 2.45) is 5.92 Å². The molecule has 9 heteroatoms. The minimum Gasteiger partial charge on any atom is -0.445 e. The van der Waals surface area contributed by atoms with E-state index in [-0.39, 0.29) is 47.2 Å². The van der Waals surface area contributed by atoms with Gasteiger partial charge in [-0.1, -0.05) is 0 Å². The minimum atomic E-state index is -1.20. The predicted octanol–water partition coefficient (Wildman–Crippen LogP) is 4.57. The summed E-state index contributed by atoms with van der Waals surface area (Å²) in [6.07, 6.45) is 4.80. The molecule has 2 aliphatic heterocycles. The molecule has 204 valence electrons. The Morgan fingerprint density at radius 2 is 1.68 bits per heavy atom. The van der Waals surface area contributed by atoms with Gasteiger partial charge in [0, 0.05) is 47.7 Å². The van der Waals surface area contributed by atoms with Crippen LogP contribution >= 0.6 is 0 Å². The van der Waals surface area contributed by atoms with Gasteiger partial charge in [-0.15, -0.1) is 0 Å². The van der Waals surface area contributed by atoms with Crippen molar-refractivity contribution >= 4 is 5.91 Å². The number of rotatable bonds is 4. The van der Waals surface area contributed by atoms with E-state index in [1.54, 1.807) is 13.8 Å². The zero-order chi connectivity index (χ0) is 27.1. The summed E-state index contributed by atoms with van der Waals surface area (Å²) in [6, 6.07) is 2.30. The zero-order valence-electron chi connectivity index (χ0n) is 22.7. The van der Waals surface area contributed by atoms with E-state index < -0.39 is 28.7 Å². The van der Waals surface area contributed by atoms with E-state index >= 15 is 8.78 Å². The van der Waals surface area contributed by atoms with Crippen LogP contribution in [0.3, 0.4) is 0 Å². The number of benzene rings is 1. The molecule has 0 bridgehead atoms. The number of pyridine rings is 1. The van der Waals surface area contributed by atoms with Gasteiger partial charge in [0.05, 0.1) is 12.1 Å². The quantitative estimate of drug-likeness (QED) is 0.631. The number of fused-ring (bicyclic) bond motifs is 3. The Morgan fingerprint density at radius 3 is 2.26 bits per heavy atom. The van der Waals surface area contributed by atoms with Gasteiger partial charge in [-0.05, 0) is 78.1 Å². The summed E-state index contributed by atoms with van der Waals surface area (Å²) >= 11 is 0. The van der Waals surface area contributed by atoms with Crippen LogP contribution in [0.15, 0.2) is 10.9 Å². The van der Waals surface area contributed by atoms with Crippen molar-refractivity contribution < 1.29 is 23.0 Å². The highest BCUT2D eigenvalue weighted by Gasteiger charge is 2.58. The molecular formula is C29H35F2N3O4. The van der Waals surface area contributed by atoms with Gasteiger partial charge in [0.15, 0.2) is 11.6 Å². The first kappa shape index (κ1) is 25.3. The first-order valence-corrected chi connectivity index (χ1v) is 13.5. The number of nitrogens with one attached hydrogen (secondary N) is 1. The van der Waals surface area contributed by atoms with E-state index in [4.69, 9.17) is 9.47 Å². The van der Waals surface area contributed by atoms with Crippen LogP contribution in [0.2, 0.25) is 0 Å². The van der Waals surface area contributed by atoms with Gasteiger partial charge in [0.1, 0.15) is 0 Å². The van der Waals surface area contributed by atoms with Crippen molar-refractivity contribution in [3.63, 3.8) is 0 Å². The van der Waals surface area contributed by atoms with Gasteiger partial charge in [-0.3, -0.25) is 9.59 Å². The SMILES string of the molecule is Cc1cc(C)c(CN2CC3(CC3)c3c(F)c4c(c(F)c3C2=O)O[C@@](C)(C2CCC(N(C)C)CC2)O4)c(=O)[nH]1. The Bertz CT molecular complexity index is 1390. The Kier molecular flexibility index (Phi) is 5.69. The Morgan fingerprint density at radius 1 is 1.05 bits per heavy atom. The summed E-state index contributed by atoms with van der Waals surface area (Å²) in [4.78, 5) is 32.8. The van der Waals surface area contributed by atoms with Crippen molar-refractivity contribution in [2.75, 3.05) is 20.6 Å². The van der Waals surface area contributed by atoms with Crippen molar-refractivity contribution in [3.8, 4) is 11.5 Å². The monoisotopic (exact) mass is 527 g/mol. The third-order valence-electron chi connectivity index (χ3n) is 9.29. The lowest BCUT2D eigenvalue weighted by atomic mass is 9.81. The molecule has 1 amide bonds. The number of aryl methyl sites for hydroxylation is 2. The fraction of sp³-hybridized carbons (Fsp3) is 0.586. The lowest BCUT2D eigenvalue weighted by Crippen LogP contribution is -2.46. The number of ether oxygens (including phenoxy) is 2. The van der Waals surface area contributed by atoms with Gasteiger partial charge < -0.3 is 24.3 Å². The summed E-state index contributed by atoms with van der Waals surface area (Å²) < 4.78 is 44.5. The smallest absolute Gasteiger partial charge is 0.257 e. The molecule has 2 aliphatic carbocycles. The van der Waals surface area contributed by atoms with Gasteiger partial charge >= 0.3 is 0 Å². The first-order valence-electron chi connectivity index (χ1n) is 13.5. The summed E-state index contributed by atoms with van der Waals surface area (Å²) in [7, 11) is 4.12. The largest absolute Gasteiger partial charge is 0.445 e.